The summed E-state index contributed by atoms with van der Waals surface area (Å²) in [4.78, 5) is 40.5. The molecule has 0 saturated carbocycles. The Morgan fingerprint density at radius 1 is 1.00 bits per heavy atom. The highest BCUT2D eigenvalue weighted by molar-refractivity contribution is 7.85. The SMILES string of the molecule is CN(C)CCOC(=O)OCN1C(=O)NC(c2ccccc2)(c2ccccc2)C1=O.CS(=O)(=O)O. The maximum atomic E-state index is 13.4. The van der Waals surface area contributed by atoms with E-state index >= 15 is 0 Å². The molecule has 0 aromatic heterocycles. The van der Waals surface area contributed by atoms with E-state index in [0.717, 1.165) is 4.90 Å². The molecule has 11 nitrogen and oxygen atoms in total. The maximum Gasteiger partial charge on any atom is 0.510 e. The molecule has 0 aliphatic carbocycles. The number of carbonyl (C=O) groups excluding carboxylic acids is 3. The molecule has 3 amide bonds. The molecule has 0 atom stereocenters. The van der Waals surface area contributed by atoms with E-state index in [1.54, 1.807) is 48.5 Å². The molecule has 0 radical (unpaired) electrons. The van der Waals surface area contributed by atoms with Crippen LogP contribution in [0.4, 0.5) is 9.59 Å². The summed E-state index contributed by atoms with van der Waals surface area (Å²) in [5.74, 6) is -0.527. The van der Waals surface area contributed by atoms with E-state index < -0.39 is 40.5 Å². The molecule has 2 aromatic carbocycles. The van der Waals surface area contributed by atoms with Crippen molar-refractivity contribution in [3.63, 3.8) is 0 Å². The second kappa shape index (κ2) is 11.6. The van der Waals surface area contributed by atoms with Crippen LogP contribution in [0, 0.1) is 0 Å². The van der Waals surface area contributed by atoms with Crippen molar-refractivity contribution in [3.05, 3.63) is 71.8 Å². The molecular weight excluding hydrogens is 466 g/mol. The lowest BCUT2D eigenvalue weighted by Gasteiger charge is -2.27. The first kappa shape index (κ1) is 26.8. The number of nitrogens with zero attached hydrogens (tertiary/aromatic N) is 2. The Hall–Kier alpha value is -3.48. The molecule has 1 aliphatic rings. The van der Waals surface area contributed by atoms with Crippen LogP contribution in [-0.4, -0.2) is 81.1 Å². The summed E-state index contributed by atoms with van der Waals surface area (Å²) in [5, 5.41) is 2.78. The minimum absolute atomic E-state index is 0.143. The van der Waals surface area contributed by atoms with Crippen molar-refractivity contribution in [2.75, 3.05) is 40.2 Å². The summed E-state index contributed by atoms with van der Waals surface area (Å²) >= 11 is 0. The molecule has 34 heavy (non-hydrogen) atoms. The fourth-order valence-electron chi connectivity index (χ4n) is 3.10. The molecule has 1 heterocycles. The fourth-order valence-corrected chi connectivity index (χ4v) is 3.10. The predicted molar refractivity (Wildman–Crippen MR) is 122 cm³/mol. The third-order valence-corrected chi connectivity index (χ3v) is 4.59. The third-order valence-electron chi connectivity index (χ3n) is 4.59. The Morgan fingerprint density at radius 3 is 1.91 bits per heavy atom. The maximum absolute atomic E-state index is 13.4. The lowest BCUT2D eigenvalue weighted by molar-refractivity contribution is -0.133. The molecule has 3 rings (SSSR count). The number of urea groups is 1. The van der Waals surface area contributed by atoms with Crippen LogP contribution in [0.2, 0.25) is 0 Å². The zero-order valence-electron chi connectivity index (χ0n) is 19.0. The molecule has 1 aliphatic heterocycles. The van der Waals surface area contributed by atoms with Crippen LogP contribution in [0.5, 0.6) is 0 Å². The van der Waals surface area contributed by atoms with Crippen LogP contribution in [0.3, 0.4) is 0 Å². The van der Waals surface area contributed by atoms with Crippen molar-refractivity contribution in [1.29, 1.82) is 0 Å². The van der Waals surface area contributed by atoms with Gasteiger partial charge in [-0.1, -0.05) is 60.7 Å². The fraction of sp³-hybridized carbons (Fsp3) is 0.318. The van der Waals surface area contributed by atoms with Gasteiger partial charge in [-0.3, -0.25) is 9.35 Å². The normalized spacial score (nSPS) is 14.8. The van der Waals surface area contributed by atoms with Crippen LogP contribution < -0.4 is 5.32 Å². The summed E-state index contributed by atoms with van der Waals surface area (Å²) in [5.41, 5.74) is -0.168. The van der Waals surface area contributed by atoms with Gasteiger partial charge in [0.1, 0.15) is 6.61 Å². The highest BCUT2D eigenvalue weighted by Gasteiger charge is 2.54. The molecule has 0 spiro atoms. The Bertz CT molecular complexity index is 1040. The van der Waals surface area contributed by atoms with Crippen molar-refractivity contribution < 1.29 is 36.8 Å². The number of amides is 3. The average Bonchev–Trinajstić information content (AvgIpc) is 3.02. The Balaban J connectivity index is 0.000000739. The number of rotatable bonds is 7. The molecule has 2 aromatic rings. The minimum atomic E-state index is -3.67. The predicted octanol–water partition coefficient (Wildman–Crippen LogP) is 1.66. The lowest BCUT2D eigenvalue weighted by atomic mass is 9.83. The van der Waals surface area contributed by atoms with E-state index in [9.17, 15) is 22.8 Å². The monoisotopic (exact) mass is 493 g/mol. The Kier molecular flexibility index (Phi) is 9.12. The van der Waals surface area contributed by atoms with Crippen LogP contribution in [0.25, 0.3) is 0 Å². The Labute approximate surface area is 198 Å². The first-order valence-corrected chi connectivity index (χ1v) is 11.9. The van der Waals surface area contributed by atoms with E-state index in [4.69, 9.17) is 14.0 Å². The number of benzene rings is 2. The lowest BCUT2D eigenvalue weighted by Crippen LogP contribution is -2.45. The summed E-state index contributed by atoms with van der Waals surface area (Å²) in [6.07, 6.45) is -0.225. The summed E-state index contributed by atoms with van der Waals surface area (Å²) in [6, 6.07) is 17.3. The molecule has 0 unspecified atom stereocenters. The van der Waals surface area contributed by atoms with Crippen molar-refractivity contribution in [3.8, 4) is 0 Å². The molecule has 0 bridgehead atoms. The number of carbonyl (C=O) groups is 3. The van der Waals surface area contributed by atoms with Crippen LogP contribution in [-0.2, 0) is 29.9 Å². The van der Waals surface area contributed by atoms with E-state index in [-0.39, 0.29) is 6.61 Å². The number of nitrogens with one attached hydrogen (secondary N) is 1. The van der Waals surface area contributed by atoms with Crippen LogP contribution >= 0.6 is 0 Å². The number of imide groups is 1. The van der Waals surface area contributed by atoms with Gasteiger partial charge in [-0.15, -0.1) is 0 Å². The van der Waals surface area contributed by atoms with E-state index in [2.05, 4.69) is 5.32 Å². The molecule has 2 N–H and O–H groups in total. The second-order valence-corrected chi connectivity index (χ2v) is 9.02. The standard InChI is InChI=1S/C21H23N3O5.CH4O3S/c1-23(2)13-14-28-20(27)29-15-24-18(25)21(22-19(24)26,16-9-5-3-6-10-16)17-11-7-4-8-12-17;1-5(2,3)4/h3-12H,13-15H2,1-2H3,(H,22,26);1H3,(H,2,3,4). The largest absolute Gasteiger partial charge is 0.510 e. The molecule has 1 fully saturated rings. The molecule has 12 heteroatoms. The molecule has 184 valence electrons. The van der Waals surface area contributed by atoms with Crippen molar-refractivity contribution >= 4 is 28.2 Å². The van der Waals surface area contributed by atoms with Gasteiger partial charge in [0.05, 0.1) is 6.26 Å². The first-order chi connectivity index (χ1) is 15.9. The highest BCUT2D eigenvalue weighted by Crippen LogP contribution is 2.35. The minimum Gasteiger partial charge on any atom is -0.433 e. The zero-order chi connectivity index (χ0) is 25.4. The smallest absolute Gasteiger partial charge is 0.433 e. The Morgan fingerprint density at radius 2 is 1.47 bits per heavy atom. The van der Waals surface area contributed by atoms with E-state index in [1.165, 1.54) is 0 Å². The third kappa shape index (κ3) is 7.27. The van der Waals surface area contributed by atoms with Crippen molar-refractivity contribution in [2.45, 2.75) is 5.54 Å². The highest BCUT2D eigenvalue weighted by atomic mass is 32.2. The van der Waals surface area contributed by atoms with Gasteiger partial charge in [0, 0.05) is 6.54 Å². The second-order valence-electron chi connectivity index (χ2n) is 7.55. The van der Waals surface area contributed by atoms with Crippen molar-refractivity contribution in [1.82, 2.24) is 15.1 Å². The summed E-state index contributed by atoms with van der Waals surface area (Å²) < 4.78 is 35.8. The van der Waals surface area contributed by atoms with Gasteiger partial charge in [-0.25, -0.2) is 14.5 Å². The summed E-state index contributed by atoms with van der Waals surface area (Å²) in [7, 11) is 0.0172. The van der Waals surface area contributed by atoms with Gasteiger partial charge in [0.25, 0.3) is 16.0 Å². The topological polar surface area (TPSA) is 143 Å². The van der Waals surface area contributed by atoms with Gasteiger partial charge in [-0.2, -0.15) is 8.42 Å². The van der Waals surface area contributed by atoms with Gasteiger partial charge >= 0.3 is 12.2 Å². The zero-order valence-corrected chi connectivity index (χ0v) is 19.8. The van der Waals surface area contributed by atoms with Crippen LogP contribution in [0.15, 0.2) is 60.7 Å². The number of hydrogen-bond acceptors (Lipinski definition) is 8. The van der Waals surface area contributed by atoms with Gasteiger partial charge in [0.15, 0.2) is 12.3 Å². The average molecular weight is 494 g/mol. The van der Waals surface area contributed by atoms with E-state index in [0.29, 0.717) is 23.9 Å². The number of ether oxygens (including phenoxy) is 2. The number of hydrogen-bond donors (Lipinski definition) is 2. The first-order valence-electron chi connectivity index (χ1n) is 10.1. The van der Waals surface area contributed by atoms with Gasteiger partial charge in [-0.05, 0) is 25.2 Å². The summed E-state index contributed by atoms with van der Waals surface area (Å²) in [6.45, 7) is 0.139. The van der Waals surface area contributed by atoms with Gasteiger partial charge in [0.2, 0.25) is 0 Å². The quantitative estimate of drug-likeness (QED) is 0.334. The number of likely N-dealkylation sites (N-methyl/N-ethyl adjacent to an activating group) is 1. The van der Waals surface area contributed by atoms with E-state index in [1.807, 2.05) is 31.1 Å². The van der Waals surface area contributed by atoms with Gasteiger partial charge < -0.3 is 19.7 Å². The van der Waals surface area contributed by atoms with Crippen molar-refractivity contribution in [2.24, 2.45) is 0 Å². The molecular formula is C22H27N3O8S. The van der Waals surface area contributed by atoms with Crippen LogP contribution in [0.1, 0.15) is 11.1 Å². The molecule has 1 saturated heterocycles.